The summed E-state index contributed by atoms with van der Waals surface area (Å²) in [6.07, 6.45) is 0.985. The van der Waals surface area contributed by atoms with Crippen LogP contribution in [0.4, 0.5) is 0 Å². The van der Waals surface area contributed by atoms with Crippen LogP contribution in [0.5, 0.6) is 5.75 Å². The number of sulfonamides is 1. The van der Waals surface area contributed by atoms with E-state index >= 15 is 0 Å². The molecule has 7 heteroatoms. The molecule has 1 aliphatic heterocycles. The lowest BCUT2D eigenvalue weighted by molar-refractivity contribution is 0.0651. The number of rotatable bonds is 4. The third-order valence-electron chi connectivity index (χ3n) is 3.28. The highest BCUT2D eigenvalue weighted by atomic mass is 32.2. The molecule has 122 valence electrons. The van der Waals surface area contributed by atoms with Gasteiger partial charge in [-0.2, -0.15) is 0 Å². The average molecular weight is 326 g/mol. The van der Waals surface area contributed by atoms with Gasteiger partial charge in [-0.05, 0) is 45.4 Å². The number of hydrogen-bond acceptors (Lipinski definition) is 4. The molecule has 1 aromatic rings. The first-order valence-electron chi connectivity index (χ1n) is 7.15. The number of nitrogens with one attached hydrogen (secondary N) is 1. The normalized spacial score (nSPS) is 15.4. The molecule has 1 N–H and O–H groups in total. The molecule has 22 heavy (non-hydrogen) atoms. The number of benzene rings is 1. The summed E-state index contributed by atoms with van der Waals surface area (Å²) in [5.74, 6) is 0.0676. The highest BCUT2D eigenvalue weighted by Gasteiger charge is 2.28. The lowest BCUT2D eigenvalue weighted by atomic mass is 10.1. The fraction of sp³-hybridized carbons (Fsp3) is 0.533. The molecule has 0 bridgehead atoms. The van der Waals surface area contributed by atoms with E-state index in [2.05, 4.69) is 4.72 Å². The van der Waals surface area contributed by atoms with Gasteiger partial charge in [0.05, 0.1) is 7.11 Å². The van der Waals surface area contributed by atoms with Gasteiger partial charge < -0.3 is 9.64 Å². The van der Waals surface area contributed by atoms with Crippen LogP contribution in [0.2, 0.25) is 0 Å². The van der Waals surface area contributed by atoms with Gasteiger partial charge in [-0.25, -0.2) is 13.1 Å². The van der Waals surface area contributed by atoms with E-state index < -0.39 is 15.6 Å². The van der Waals surface area contributed by atoms with Gasteiger partial charge in [0.1, 0.15) is 10.6 Å². The van der Waals surface area contributed by atoms with Crippen LogP contribution >= 0.6 is 0 Å². The number of amides is 1. The molecule has 0 atom stereocenters. The van der Waals surface area contributed by atoms with Crippen LogP contribution in [0, 0.1) is 0 Å². The minimum Gasteiger partial charge on any atom is -0.495 e. The molecule has 0 aliphatic carbocycles. The van der Waals surface area contributed by atoms with Crippen molar-refractivity contribution in [3.05, 3.63) is 23.8 Å². The van der Waals surface area contributed by atoms with Gasteiger partial charge in [0.15, 0.2) is 0 Å². The van der Waals surface area contributed by atoms with Crippen molar-refractivity contribution in [2.75, 3.05) is 20.2 Å². The summed E-state index contributed by atoms with van der Waals surface area (Å²) in [6, 6.07) is 4.49. The molecule has 1 heterocycles. The SMILES string of the molecule is COc1ccc(C(=O)N2CCC2)cc1S(=O)(=O)NC(C)(C)C. The Morgan fingerprint density at radius 3 is 2.36 bits per heavy atom. The van der Waals surface area contributed by atoms with Crippen molar-refractivity contribution in [2.24, 2.45) is 0 Å². The van der Waals surface area contributed by atoms with Crippen molar-refractivity contribution in [3.8, 4) is 5.75 Å². The largest absolute Gasteiger partial charge is 0.495 e. The Hall–Kier alpha value is -1.60. The minimum absolute atomic E-state index is 0.0173. The van der Waals surface area contributed by atoms with Gasteiger partial charge in [0.25, 0.3) is 5.91 Å². The first-order chi connectivity index (χ1) is 10.1. The third-order valence-corrected chi connectivity index (χ3v) is 5.06. The minimum atomic E-state index is -3.78. The van der Waals surface area contributed by atoms with Crippen LogP contribution in [0.1, 0.15) is 37.6 Å². The summed E-state index contributed by atoms with van der Waals surface area (Å²) in [6.45, 7) is 6.70. The zero-order chi connectivity index (χ0) is 16.5. The Bertz CT molecular complexity index is 673. The van der Waals surface area contributed by atoms with E-state index in [0.717, 1.165) is 6.42 Å². The average Bonchev–Trinajstić information content (AvgIpc) is 2.33. The number of likely N-dealkylation sites (tertiary alicyclic amines) is 1. The fourth-order valence-electron chi connectivity index (χ4n) is 2.18. The van der Waals surface area contributed by atoms with Crippen LogP contribution in [0.25, 0.3) is 0 Å². The molecule has 1 amide bonds. The van der Waals surface area contributed by atoms with Gasteiger partial charge >= 0.3 is 0 Å². The maximum atomic E-state index is 12.5. The highest BCUT2D eigenvalue weighted by molar-refractivity contribution is 7.89. The van der Waals surface area contributed by atoms with Gasteiger partial charge in [-0.1, -0.05) is 0 Å². The van der Waals surface area contributed by atoms with E-state index in [1.165, 1.54) is 19.2 Å². The molecule has 1 saturated heterocycles. The Balaban J connectivity index is 2.42. The zero-order valence-electron chi connectivity index (χ0n) is 13.3. The Labute approximate surface area is 131 Å². The second-order valence-corrected chi connectivity index (χ2v) is 8.02. The predicted molar refractivity (Wildman–Crippen MR) is 83.6 cm³/mol. The summed E-state index contributed by atoms with van der Waals surface area (Å²) in [5.41, 5.74) is -0.267. The first kappa shape index (κ1) is 16.8. The molecular formula is C15H22N2O4S. The molecule has 0 saturated carbocycles. The summed E-state index contributed by atoms with van der Waals surface area (Å²) in [7, 11) is -2.37. The summed E-state index contributed by atoms with van der Waals surface area (Å²) >= 11 is 0. The molecule has 1 aromatic carbocycles. The molecule has 0 spiro atoms. The van der Waals surface area contributed by atoms with Crippen molar-refractivity contribution in [3.63, 3.8) is 0 Å². The molecule has 1 aliphatic rings. The van der Waals surface area contributed by atoms with E-state index in [9.17, 15) is 13.2 Å². The maximum Gasteiger partial charge on any atom is 0.253 e. The van der Waals surface area contributed by atoms with Crippen molar-refractivity contribution >= 4 is 15.9 Å². The van der Waals surface area contributed by atoms with E-state index in [-0.39, 0.29) is 16.6 Å². The summed E-state index contributed by atoms with van der Waals surface area (Å²) in [5, 5.41) is 0. The number of methoxy groups -OCH3 is 1. The first-order valence-corrected chi connectivity index (χ1v) is 8.64. The smallest absolute Gasteiger partial charge is 0.253 e. The van der Waals surface area contributed by atoms with Crippen molar-refractivity contribution < 1.29 is 17.9 Å². The Morgan fingerprint density at radius 1 is 1.27 bits per heavy atom. The van der Waals surface area contributed by atoms with Crippen molar-refractivity contribution in [2.45, 2.75) is 37.6 Å². The van der Waals surface area contributed by atoms with Crippen molar-refractivity contribution in [1.29, 1.82) is 0 Å². The number of carbonyl (C=O) groups excluding carboxylic acids is 1. The number of hydrogen-bond donors (Lipinski definition) is 1. The molecule has 0 unspecified atom stereocenters. The Kier molecular flexibility index (Phi) is 4.49. The zero-order valence-corrected chi connectivity index (χ0v) is 14.2. The fourth-order valence-corrected chi connectivity index (χ4v) is 3.79. The summed E-state index contributed by atoms with van der Waals surface area (Å²) < 4.78 is 32.8. The molecule has 0 radical (unpaired) electrons. The second-order valence-electron chi connectivity index (χ2n) is 6.37. The lowest BCUT2D eigenvalue weighted by Gasteiger charge is -2.31. The van der Waals surface area contributed by atoms with Crippen LogP contribution in [0.3, 0.4) is 0 Å². The van der Waals surface area contributed by atoms with Gasteiger partial charge in [-0.3, -0.25) is 4.79 Å². The van der Waals surface area contributed by atoms with Crippen LogP contribution in [-0.4, -0.2) is 45.0 Å². The topological polar surface area (TPSA) is 75.7 Å². The van der Waals surface area contributed by atoms with Gasteiger partial charge in [-0.15, -0.1) is 0 Å². The second kappa shape index (κ2) is 5.89. The molecule has 6 nitrogen and oxygen atoms in total. The summed E-state index contributed by atoms with van der Waals surface area (Å²) in [4.78, 5) is 13.9. The van der Waals surface area contributed by atoms with Crippen LogP contribution in [-0.2, 0) is 10.0 Å². The van der Waals surface area contributed by atoms with Crippen LogP contribution in [0.15, 0.2) is 23.1 Å². The third kappa shape index (κ3) is 3.59. The highest BCUT2D eigenvalue weighted by Crippen LogP contribution is 2.27. The lowest BCUT2D eigenvalue weighted by Crippen LogP contribution is -2.42. The molecular weight excluding hydrogens is 304 g/mol. The van der Waals surface area contributed by atoms with E-state index in [1.807, 2.05) is 0 Å². The predicted octanol–water partition coefficient (Wildman–Crippen LogP) is 1.62. The number of ether oxygens (including phenoxy) is 1. The van der Waals surface area contributed by atoms with Gasteiger partial charge in [0, 0.05) is 24.2 Å². The number of nitrogens with zero attached hydrogens (tertiary/aromatic N) is 1. The van der Waals surface area contributed by atoms with Crippen molar-refractivity contribution in [1.82, 2.24) is 9.62 Å². The Morgan fingerprint density at radius 2 is 1.91 bits per heavy atom. The molecule has 2 rings (SSSR count). The quantitative estimate of drug-likeness (QED) is 0.912. The number of carbonyl (C=O) groups is 1. The molecule has 0 aromatic heterocycles. The molecule has 1 fully saturated rings. The maximum absolute atomic E-state index is 12.5. The van der Waals surface area contributed by atoms with Crippen LogP contribution < -0.4 is 9.46 Å². The standard InChI is InChI=1S/C15H22N2O4S/c1-15(2,3)16-22(19,20)13-10-11(6-7-12(13)21-4)14(18)17-8-5-9-17/h6-7,10,16H,5,8-9H2,1-4H3. The van der Waals surface area contributed by atoms with E-state index in [0.29, 0.717) is 18.7 Å². The monoisotopic (exact) mass is 326 g/mol. The van der Waals surface area contributed by atoms with E-state index in [1.54, 1.807) is 31.7 Å². The van der Waals surface area contributed by atoms with Gasteiger partial charge in [0.2, 0.25) is 10.0 Å². The van der Waals surface area contributed by atoms with E-state index in [4.69, 9.17) is 4.74 Å².